The van der Waals surface area contributed by atoms with Crippen LogP contribution in [0.2, 0.25) is 0 Å². The van der Waals surface area contributed by atoms with Crippen LogP contribution in [0.25, 0.3) is 0 Å². The summed E-state index contributed by atoms with van der Waals surface area (Å²) in [6.07, 6.45) is 9.10. The number of amides is 1. The molecule has 0 bridgehead atoms. The molecule has 0 aromatic rings. The number of nitrogens with one attached hydrogen (secondary N) is 1. The summed E-state index contributed by atoms with van der Waals surface area (Å²) in [6, 6.07) is 1.15. The number of likely N-dealkylation sites (tertiary alicyclic amines) is 2. The summed E-state index contributed by atoms with van der Waals surface area (Å²) < 4.78 is 0. The minimum absolute atomic E-state index is 0.191. The molecule has 2 aliphatic heterocycles. The summed E-state index contributed by atoms with van der Waals surface area (Å²) >= 11 is 0. The number of hydrogen-bond donors (Lipinski definition) is 1. The maximum atomic E-state index is 12.0. The number of ketones is 1. The topological polar surface area (TPSA) is 52.7 Å². The minimum atomic E-state index is 0.191. The van der Waals surface area contributed by atoms with Crippen molar-refractivity contribution in [3.8, 4) is 0 Å². The van der Waals surface area contributed by atoms with E-state index in [1.165, 1.54) is 25.7 Å². The molecule has 0 spiro atoms. The summed E-state index contributed by atoms with van der Waals surface area (Å²) in [7, 11) is 0. The first-order valence-corrected chi connectivity index (χ1v) is 10.4. The third kappa shape index (κ3) is 6.37. The van der Waals surface area contributed by atoms with E-state index < -0.39 is 0 Å². The number of unbranched alkanes of at least 4 members (excludes halogenated alkanes) is 1. The lowest BCUT2D eigenvalue weighted by Gasteiger charge is -2.35. The number of Topliss-reactive ketones (excluding diaryl/α,β-unsaturated/α-hetero) is 1. The van der Waals surface area contributed by atoms with E-state index in [4.69, 9.17) is 0 Å². The zero-order chi connectivity index (χ0) is 18.1. The Labute approximate surface area is 153 Å². The van der Waals surface area contributed by atoms with Crippen molar-refractivity contribution < 1.29 is 9.59 Å². The van der Waals surface area contributed by atoms with Crippen LogP contribution in [0, 0.1) is 0 Å². The number of rotatable bonds is 11. The third-order valence-corrected chi connectivity index (χ3v) is 5.82. The predicted molar refractivity (Wildman–Crippen MR) is 102 cm³/mol. The molecule has 2 aliphatic rings. The highest BCUT2D eigenvalue weighted by Crippen LogP contribution is 2.30. The standard InChI is InChI=1S/C20H37N3O2/c1-3-5-12-21-20(25)11-16-23-14-7-9-19(23)18-8-6-13-22(18)15-10-17(24)4-2/h18-19H,3-16H2,1-2H3,(H,21,25). The molecule has 5 heteroatoms. The van der Waals surface area contributed by atoms with Gasteiger partial charge in [0.1, 0.15) is 5.78 Å². The van der Waals surface area contributed by atoms with Gasteiger partial charge in [-0.15, -0.1) is 0 Å². The van der Waals surface area contributed by atoms with E-state index in [0.717, 1.165) is 45.6 Å². The Hall–Kier alpha value is -0.940. The van der Waals surface area contributed by atoms with E-state index in [9.17, 15) is 9.59 Å². The molecule has 2 heterocycles. The van der Waals surface area contributed by atoms with Crippen molar-refractivity contribution in [2.75, 3.05) is 32.7 Å². The summed E-state index contributed by atoms with van der Waals surface area (Å²) in [4.78, 5) is 28.7. The van der Waals surface area contributed by atoms with Crippen molar-refractivity contribution in [1.29, 1.82) is 0 Å². The van der Waals surface area contributed by atoms with Crippen LogP contribution in [-0.4, -0.2) is 66.3 Å². The molecular weight excluding hydrogens is 314 g/mol. The average Bonchev–Trinajstić information content (AvgIpc) is 3.26. The van der Waals surface area contributed by atoms with Gasteiger partial charge < -0.3 is 5.32 Å². The van der Waals surface area contributed by atoms with Crippen molar-refractivity contribution >= 4 is 11.7 Å². The second-order valence-electron chi connectivity index (χ2n) is 7.59. The highest BCUT2D eigenvalue weighted by Gasteiger charge is 2.37. The van der Waals surface area contributed by atoms with Crippen molar-refractivity contribution in [2.24, 2.45) is 0 Å². The van der Waals surface area contributed by atoms with E-state index in [-0.39, 0.29) is 5.91 Å². The second-order valence-corrected chi connectivity index (χ2v) is 7.59. The Morgan fingerprint density at radius 2 is 1.56 bits per heavy atom. The third-order valence-electron chi connectivity index (χ3n) is 5.82. The van der Waals surface area contributed by atoms with Crippen LogP contribution in [0.5, 0.6) is 0 Å². The first-order chi connectivity index (χ1) is 12.2. The highest BCUT2D eigenvalue weighted by molar-refractivity contribution is 5.78. The SMILES string of the molecule is CCCCNC(=O)CCN1CCCC1C1CCCN1CCC(=O)CC. The summed E-state index contributed by atoms with van der Waals surface area (Å²) in [5.41, 5.74) is 0. The van der Waals surface area contributed by atoms with E-state index in [0.29, 0.717) is 37.1 Å². The summed E-state index contributed by atoms with van der Waals surface area (Å²) in [5.74, 6) is 0.564. The zero-order valence-corrected chi connectivity index (χ0v) is 16.3. The number of hydrogen-bond acceptors (Lipinski definition) is 4. The molecular formula is C20H37N3O2. The smallest absolute Gasteiger partial charge is 0.221 e. The Bertz CT molecular complexity index is 427. The molecule has 0 radical (unpaired) electrons. The largest absolute Gasteiger partial charge is 0.356 e. The fraction of sp³-hybridized carbons (Fsp3) is 0.900. The van der Waals surface area contributed by atoms with Gasteiger partial charge in [0, 0.05) is 51.0 Å². The molecule has 0 aromatic heterocycles. The average molecular weight is 352 g/mol. The van der Waals surface area contributed by atoms with E-state index in [1.807, 2.05) is 6.92 Å². The molecule has 25 heavy (non-hydrogen) atoms. The second kappa shape index (κ2) is 10.9. The van der Waals surface area contributed by atoms with Gasteiger partial charge in [-0.05, 0) is 45.2 Å². The Kier molecular flexibility index (Phi) is 8.90. The molecule has 2 fully saturated rings. The van der Waals surface area contributed by atoms with E-state index >= 15 is 0 Å². The van der Waals surface area contributed by atoms with Gasteiger partial charge in [-0.3, -0.25) is 19.4 Å². The molecule has 0 aromatic carbocycles. The van der Waals surface area contributed by atoms with Gasteiger partial charge in [-0.2, -0.15) is 0 Å². The molecule has 2 saturated heterocycles. The Balaban J connectivity index is 1.79. The van der Waals surface area contributed by atoms with Crippen molar-refractivity contribution in [3.63, 3.8) is 0 Å². The maximum absolute atomic E-state index is 12.0. The van der Waals surface area contributed by atoms with Gasteiger partial charge in [0.15, 0.2) is 0 Å². The summed E-state index contributed by atoms with van der Waals surface area (Å²) in [6.45, 7) is 8.94. The molecule has 144 valence electrons. The van der Waals surface area contributed by atoms with Crippen molar-refractivity contribution in [3.05, 3.63) is 0 Å². The Morgan fingerprint density at radius 1 is 0.960 bits per heavy atom. The number of carbonyl (C=O) groups excluding carboxylic acids is 2. The van der Waals surface area contributed by atoms with Crippen LogP contribution in [0.3, 0.4) is 0 Å². The van der Waals surface area contributed by atoms with Crippen LogP contribution in [0.4, 0.5) is 0 Å². The van der Waals surface area contributed by atoms with Crippen LogP contribution in [-0.2, 0) is 9.59 Å². The normalized spacial score (nSPS) is 24.7. The minimum Gasteiger partial charge on any atom is -0.356 e. The lowest BCUT2D eigenvalue weighted by Crippen LogP contribution is -2.47. The number of carbonyl (C=O) groups is 2. The van der Waals surface area contributed by atoms with Gasteiger partial charge >= 0.3 is 0 Å². The molecule has 0 aliphatic carbocycles. The number of nitrogens with zero attached hydrogens (tertiary/aromatic N) is 2. The fourth-order valence-electron chi connectivity index (χ4n) is 4.31. The molecule has 0 saturated carbocycles. The van der Waals surface area contributed by atoms with Gasteiger partial charge in [0.2, 0.25) is 5.91 Å². The van der Waals surface area contributed by atoms with Gasteiger partial charge in [-0.25, -0.2) is 0 Å². The van der Waals surface area contributed by atoms with E-state index in [1.54, 1.807) is 0 Å². The van der Waals surface area contributed by atoms with Gasteiger partial charge in [-0.1, -0.05) is 20.3 Å². The first kappa shape index (κ1) is 20.4. The zero-order valence-electron chi connectivity index (χ0n) is 16.3. The molecule has 1 N–H and O–H groups in total. The van der Waals surface area contributed by atoms with Gasteiger partial charge in [0.25, 0.3) is 0 Å². The lowest BCUT2D eigenvalue weighted by molar-refractivity contribution is -0.121. The van der Waals surface area contributed by atoms with Crippen molar-refractivity contribution in [2.45, 2.75) is 83.7 Å². The molecule has 2 rings (SSSR count). The van der Waals surface area contributed by atoms with E-state index in [2.05, 4.69) is 22.0 Å². The predicted octanol–water partition coefficient (Wildman–Crippen LogP) is 2.59. The monoisotopic (exact) mass is 351 g/mol. The summed E-state index contributed by atoms with van der Waals surface area (Å²) in [5, 5.41) is 3.03. The van der Waals surface area contributed by atoms with Crippen LogP contribution >= 0.6 is 0 Å². The molecule has 1 amide bonds. The van der Waals surface area contributed by atoms with Crippen LogP contribution in [0.1, 0.15) is 71.6 Å². The highest BCUT2D eigenvalue weighted by atomic mass is 16.1. The Morgan fingerprint density at radius 3 is 2.12 bits per heavy atom. The molecule has 5 nitrogen and oxygen atoms in total. The first-order valence-electron chi connectivity index (χ1n) is 10.4. The molecule has 2 unspecified atom stereocenters. The van der Waals surface area contributed by atoms with Gasteiger partial charge in [0.05, 0.1) is 0 Å². The molecule has 2 atom stereocenters. The maximum Gasteiger partial charge on any atom is 0.221 e. The van der Waals surface area contributed by atoms with Crippen LogP contribution < -0.4 is 5.32 Å². The fourth-order valence-corrected chi connectivity index (χ4v) is 4.31. The quantitative estimate of drug-likeness (QED) is 0.581. The lowest BCUT2D eigenvalue weighted by atomic mass is 10.0. The van der Waals surface area contributed by atoms with Crippen molar-refractivity contribution in [1.82, 2.24) is 15.1 Å². The van der Waals surface area contributed by atoms with Crippen LogP contribution in [0.15, 0.2) is 0 Å².